The van der Waals surface area contributed by atoms with Crippen LogP contribution in [0.15, 0.2) is 0 Å². The van der Waals surface area contributed by atoms with E-state index in [4.69, 9.17) is 4.74 Å². The summed E-state index contributed by atoms with van der Waals surface area (Å²) in [7, 11) is 0. The molecule has 20 heavy (non-hydrogen) atoms. The SMILES string of the molecule is CC(C)(C)OC(=O)N1CC2CC(F)(F)CC2C1C(=O)O. The van der Waals surface area contributed by atoms with Crippen LogP contribution < -0.4 is 0 Å². The molecule has 2 rings (SSSR count). The maximum atomic E-state index is 13.4. The van der Waals surface area contributed by atoms with Gasteiger partial charge in [0, 0.05) is 25.3 Å². The molecule has 3 atom stereocenters. The fourth-order valence-electron chi connectivity index (χ4n) is 3.12. The summed E-state index contributed by atoms with van der Waals surface area (Å²) >= 11 is 0. The lowest BCUT2D eigenvalue weighted by Gasteiger charge is -2.28. The van der Waals surface area contributed by atoms with Gasteiger partial charge in [0.15, 0.2) is 0 Å². The van der Waals surface area contributed by atoms with Gasteiger partial charge in [-0.2, -0.15) is 0 Å². The third-order valence-corrected chi connectivity index (χ3v) is 3.75. The normalized spacial score (nSPS) is 32.0. The molecule has 1 saturated carbocycles. The van der Waals surface area contributed by atoms with Gasteiger partial charge < -0.3 is 9.84 Å². The van der Waals surface area contributed by atoms with Gasteiger partial charge in [-0.3, -0.25) is 4.90 Å². The van der Waals surface area contributed by atoms with Crippen molar-refractivity contribution in [2.45, 2.75) is 51.2 Å². The highest BCUT2D eigenvalue weighted by Gasteiger charge is 2.58. The number of carboxylic acids is 1. The minimum atomic E-state index is -2.83. The second-order valence-corrected chi connectivity index (χ2v) is 6.60. The number of carbonyl (C=O) groups is 2. The van der Waals surface area contributed by atoms with Crippen LogP contribution >= 0.6 is 0 Å². The van der Waals surface area contributed by atoms with Gasteiger partial charge in [0.2, 0.25) is 5.92 Å². The zero-order valence-electron chi connectivity index (χ0n) is 11.7. The molecule has 1 N–H and O–H groups in total. The molecule has 0 aromatic carbocycles. The van der Waals surface area contributed by atoms with E-state index in [0.29, 0.717) is 0 Å². The Morgan fingerprint density at radius 1 is 1.30 bits per heavy atom. The average Bonchev–Trinajstić information content (AvgIpc) is 2.65. The van der Waals surface area contributed by atoms with Crippen molar-refractivity contribution < 1.29 is 28.2 Å². The van der Waals surface area contributed by atoms with Crippen LogP contribution in [0.4, 0.5) is 13.6 Å². The predicted molar refractivity (Wildman–Crippen MR) is 65.5 cm³/mol. The summed E-state index contributed by atoms with van der Waals surface area (Å²) in [6.45, 7) is 5.04. The fraction of sp³-hybridized carbons (Fsp3) is 0.846. The van der Waals surface area contributed by atoms with Crippen LogP contribution in [0.5, 0.6) is 0 Å². The summed E-state index contributed by atoms with van der Waals surface area (Å²) in [5.41, 5.74) is -0.748. The lowest BCUT2D eigenvalue weighted by molar-refractivity contribution is -0.143. The minimum absolute atomic E-state index is 0.0200. The molecule has 0 aromatic rings. The molecule has 1 amide bonds. The summed E-state index contributed by atoms with van der Waals surface area (Å²) in [5, 5.41) is 9.25. The standard InChI is InChI=1S/C13H19F2NO4/c1-12(2,3)20-11(19)16-6-7-4-13(14,15)5-8(7)9(16)10(17)18/h7-9H,4-6H2,1-3H3,(H,17,18). The summed E-state index contributed by atoms with van der Waals surface area (Å²) in [5.74, 6) is -5.25. The summed E-state index contributed by atoms with van der Waals surface area (Å²) in [4.78, 5) is 24.4. The maximum absolute atomic E-state index is 13.4. The van der Waals surface area contributed by atoms with Crippen LogP contribution in [-0.4, -0.2) is 46.2 Å². The lowest BCUT2D eigenvalue weighted by Crippen LogP contribution is -2.46. The smallest absolute Gasteiger partial charge is 0.411 e. The van der Waals surface area contributed by atoms with Gasteiger partial charge in [0.05, 0.1) is 0 Å². The Morgan fingerprint density at radius 3 is 2.40 bits per heavy atom. The molecule has 0 aromatic heterocycles. The Kier molecular flexibility index (Phi) is 3.42. The van der Waals surface area contributed by atoms with E-state index in [1.807, 2.05) is 0 Å². The molecule has 1 saturated heterocycles. The van der Waals surface area contributed by atoms with E-state index in [0.717, 1.165) is 4.90 Å². The van der Waals surface area contributed by atoms with Crippen molar-refractivity contribution in [3.63, 3.8) is 0 Å². The van der Waals surface area contributed by atoms with E-state index >= 15 is 0 Å². The second-order valence-electron chi connectivity index (χ2n) is 6.60. The number of aliphatic carboxylic acids is 1. The predicted octanol–water partition coefficient (Wildman–Crippen LogP) is 2.35. The molecule has 0 radical (unpaired) electrons. The quantitative estimate of drug-likeness (QED) is 0.805. The number of hydrogen-bond donors (Lipinski definition) is 1. The van der Waals surface area contributed by atoms with Gasteiger partial charge >= 0.3 is 12.1 Å². The van der Waals surface area contributed by atoms with Crippen LogP contribution in [0.25, 0.3) is 0 Å². The number of carbonyl (C=O) groups excluding carboxylic acids is 1. The molecular formula is C13H19F2NO4. The Morgan fingerprint density at radius 2 is 1.90 bits per heavy atom. The number of hydrogen-bond acceptors (Lipinski definition) is 3. The third-order valence-electron chi connectivity index (χ3n) is 3.75. The Balaban J connectivity index is 2.16. The van der Waals surface area contributed by atoms with E-state index in [-0.39, 0.29) is 13.0 Å². The number of halogens is 2. The first-order valence-electron chi connectivity index (χ1n) is 6.60. The van der Waals surface area contributed by atoms with Gasteiger partial charge in [0.25, 0.3) is 0 Å². The highest BCUT2D eigenvalue weighted by atomic mass is 19.3. The van der Waals surface area contributed by atoms with Crippen molar-refractivity contribution in [1.82, 2.24) is 4.90 Å². The first kappa shape index (κ1) is 15.0. The van der Waals surface area contributed by atoms with E-state index in [1.54, 1.807) is 20.8 Å². The fourth-order valence-corrected chi connectivity index (χ4v) is 3.12. The minimum Gasteiger partial charge on any atom is -0.480 e. The lowest BCUT2D eigenvalue weighted by atomic mass is 9.94. The number of fused-ring (bicyclic) bond motifs is 1. The van der Waals surface area contributed by atoms with Crippen LogP contribution in [-0.2, 0) is 9.53 Å². The van der Waals surface area contributed by atoms with Crippen molar-refractivity contribution in [3.05, 3.63) is 0 Å². The number of carboxylic acid groups (broad SMARTS) is 1. The van der Waals surface area contributed by atoms with Crippen LogP contribution in [0.2, 0.25) is 0 Å². The molecule has 2 fully saturated rings. The molecule has 5 nitrogen and oxygen atoms in total. The number of ether oxygens (including phenoxy) is 1. The molecule has 2 aliphatic rings. The molecule has 1 heterocycles. The van der Waals surface area contributed by atoms with Gasteiger partial charge in [-0.25, -0.2) is 18.4 Å². The maximum Gasteiger partial charge on any atom is 0.411 e. The molecule has 7 heteroatoms. The Hall–Kier alpha value is -1.40. The number of nitrogens with zero attached hydrogens (tertiary/aromatic N) is 1. The third kappa shape index (κ3) is 2.86. The Labute approximate surface area is 115 Å². The number of amides is 1. The van der Waals surface area contributed by atoms with E-state index in [2.05, 4.69) is 0 Å². The van der Waals surface area contributed by atoms with E-state index in [9.17, 15) is 23.5 Å². The van der Waals surface area contributed by atoms with Gasteiger partial charge in [-0.15, -0.1) is 0 Å². The molecule has 3 unspecified atom stereocenters. The van der Waals surface area contributed by atoms with E-state index in [1.165, 1.54) is 0 Å². The van der Waals surface area contributed by atoms with Crippen LogP contribution in [0.1, 0.15) is 33.6 Å². The largest absolute Gasteiger partial charge is 0.480 e. The molecule has 1 aliphatic carbocycles. The molecule has 1 aliphatic heterocycles. The van der Waals surface area contributed by atoms with Gasteiger partial charge in [-0.05, 0) is 26.7 Å². The summed E-state index contributed by atoms with van der Waals surface area (Å²) in [6, 6.07) is -1.22. The molecule has 0 spiro atoms. The Bertz CT molecular complexity index is 433. The first-order chi connectivity index (χ1) is 9.00. The van der Waals surface area contributed by atoms with Crippen molar-refractivity contribution in [2.24, 2.45) is 11.8 Å². The summed E-state index contributed by atoms with van der Waals surface area (Å²) < 4.78 is 31.9. The number of alkyl halides is 2. The van der Waals surface area contributed by atoms with Gasteiger partial charge in [0.1, 0.15) is 11.6 Å². The molecule has 114 valence electrons. The van der Waals surface area contributed by atoms with Crippen molar-refractivity contribution in [1.29, 1.82) is 0 Å². The van der Waals surface area contributed by atoms with Gasteiger partial charge in [-0.1, -0.05) is 0 Å². The first-order valence-corrected chi connectivity index (χ1v) is 6.60. The second kappa shape index (κ2) is 4.56. The molecule has 0 bridgehead atoms. The summed E-state index contributed by atoms with van der Waals surface area (Å²) in [6.07, 6.45) is -1.59. The highest BCUT2D eigenvalue weighted by Crippen LogP contribution is 2.49. The van der Waals surface area contributed by atoms with E-state index < -0.39 is 47.9 Å². The molecular weight excluding hydrogens is 272 g/mol. The van der Waals surface area contributed by atoms with Crippen molar-refractivity contribution >= 4 is 12.1 Å². The number of likely N-dealkylation sites (tertiary alicyclic amines) is 1. The van der Waals surface area contributed by atoms with Crippen molar-refractivity contribution in [2.75, 3.05) is 6.54 Å². The number of rotatable bonds is 1. The van der Waals surface area contributed by atoms with Crippen LogP contribution in [0.3, 0.4) is 0 Å². The topological polar surface area (TPSA) is 66.8 Å². The van der Waals surface area contributed by atoms with Crippen molar-refractivity contribution in [3.8, 4) is 0 Å². The highest BCUT2D eigenvalue weighted by molar-refractivity contribution is 5.81. The zero-order valence-corrected chi connectivity index (χ0v) is 11.7. The van der Waals surface area contributed by atoms with Crippen LogP contribution in [0, 0.1) is 11.8 Å². The monoisotopic (exact) mass is 291 g/mol. The zero-order chi connectivity index (χ0) is 15.3. The average molecular weight is 291 g/mol.